The SMILES string of the molecule is O=C(O)/C=C/C(=O)O.c1ccc(COCOCC2CNCCO2)cc1.c1ccc(COCOCC2CNCCO2)cc1. The third kappa shape index (κ3) is 19.0. The Bertz CT molecular complexity index is 903. The van der Waals surface area contributed by atoms with E-state index in [4.69, 9.17) is 38.6 Å². The lowest BCUT2D eigenvalue weighted by Crippen LogP contribution is -2.41. The zero-order valence-corrected chi connectivity index (χ0v) is 23.7. The molecule has 2 saturated heterocycles. The number of hydrogen-bond donors (Lipinski definition) is 4. The summed E-state index contributed by atoms with van der Waals surface area (Å²) in [7, 11) is 0. The summed E-state index contributed by atoms with van der Waals surface area (Å²) in [5.74, 6) is -2.51. The molecule has 2 aromatic carbocycles. The van der Waals surface area contributed by atoms with Gasteiger partial charge in [-0.15, -0.1) is 0 Å². The van der Waals surface area contributed by atoms with Crippen LogP contribution in [-0.4, -0.2) is 101 Å². The fourth-order valence-electron chi connectivity index (χ4n) is 3.54. The predicted molar refractivity (Wildman–Crippen MR) is 154 cm³/mol. The molecule has 42 heavy (non-hydrogen) atoms. The van der Waals surface area contributed by atoms with E-state index in [0.29, 0.717) is 52.2 Å². The molecule has 0 radical (unpaired) electrons. The van der Waals surface area contributed by atoms with Crippen molar-refractivity contribution in [1.82, 2.24) is 10.6 Å². The minimum Gasteiger partial charge on any atom is -0.478 e. The van der Waals surface area contributed by atoms with Gasteiger partial charge in [-0.25, -0.2) is 9.59 Å². The van der Waals surface area contributed by atoms with Gasteiger partial charge in [-0.05, 0) is 11.1 Å². The summed E-state index contributed by atoms with van der Waals surface area (Å²) < 4.78 is 32.6. The van der Waals surface area contributed by atoms with E-state index in [-0.39, 0.29) is 12.2 Å². The lowest BCUT2D eigenvalue weighted by atomic mass is 10.2. The van der Waals surface area contributed by atoms with Crippen molar-refractivity contribution in [3.8, 4) is 0 Å². The van der Waals surface area contributed by atoms with E-state index < -0.39 is 11.9 Å². The fourth-order valence-corrected chi connectivity index (χ4v) is 3.54. The van der Waals surface area contributed by atoms with Crippen molar-refractivity contribution in [2.45, 2.75) is 25.4 Å². The van der Waals surface area contributed by atoms with Crippen molar-refractivity contribution < 1.29 is 48.2 Å². The number of morpholine rings is 2. The van der Waals surface area contributed by atoms with Gasteiger partial charge in [-0.1, -0.05) is 60.7 Å². The lowest BCUT2D eigenvalue weighted by molar-refractivity contribution is -0.134. The summed E-state index contributed by atoms with van der Waals surface area (Å²) in [4.78, 5) is 19.1. The van der Waals surface area contributed by atoms with Crippen LogP contribution in [0.5, 0.6) is 0 Å². The molecule has 4 rings (SSSR count). The average molecular weight is 591 g/mol. The summed E-state index contributed by atoms with van der Waals surface area (Å²) >= 11 is 0. The highest BCUT2D eigenvalue weighted by atomic mass is 16.7. The molecule has 12 nitrogen and oxygen atoms in total. The largest absolute Gasteiger partial charge is 0.478 e. The van der Waals surface area contributed by atoms with Gasteiger partial charge in [0.2, 0.25) is 0 Å². The van der Waals surface area contributed by atoms with Crippen LogP contribution in [0, 0.1) is 0 Å². The first-order valence-corrected chi connectivity index (χ1v) is 13.7. The minimum absolute atomic E-state index is 0.157. The van der Waals surface area contributed by atoms with Crippen LogP contribution in [0.1, 0.15) is 11.1 Å². The molecular weight excluding hydrogens is 548 g/mol. The Morgan fingerprint density at radius 3 is 1.43 bits per heavy atom. The Morgan fingerprint density at radius 1 is 0.690 bits per heavy atom. The van der Waals surface area contributed by atoms with Crippen LogP contribution in [0.3, 0.4) is 0 Å². The van der Waals surface area contributed by atoms with Crippen LogP contribution in [0.25, 0.3) is 0 Å². The quantitative estimate of drug-likeness (QED) is 0.145. The molecule has 12 heteroatoms. The molecule has 2 heterocycles. The van der Waals surface area contributed by atoms with Crippen molar-refractivity contribution in [3.05, 3.63) is 83.9 Å². The second kappa shape index (κ2) is 23.4. The van der Waals surface area contributed by atoms with E-state index in [0.717, 1.165) is 50.5 Å². The normalized spacial score (nSPS) is 18.3. The van der Waals surface area contributed by atoms with Gasteiger partial charge in [0, 0.05) is 38.3 Å². The van der Waals surface area contributed by atoms with Crippen LogP contribution in [-0.2, 0) is 51.2 Å². The second-order valence-electron chi connectivity index (χ2n) is 9.05. The first-order chi connectivity index (χ1) is 20.5. The van der Waals surface area contributed by atoms with Crippen LogP contribution < -0.4 is 10.6 Å². The molecule has 2 atom stereocenters. The second-order valence-corrected chi connectivity index (χ2v) is 9.05. The predicted octanol–water partition coefficient (Wildman–Crippen LogP) is 2.04. The molecule has 0 aliphatic carbocycles. The van der Waals surface area contributed by atoms with Gasteiger partial charge >= 0.3 is 11.9 Å². The summed E-state index contributed by atoms with van der Waals surface area (Å²) in [6, 6.07) is 20.1. The Hall–Kier alpha value is -3.20. The van der Waals surface area contributed by atoms with E-state index in [2.05, 4.69) is 10.6 Å². The number of hydrogen-bond acceptors (Lipinski definition) is 10. The maximum absolute atomic E-state index is 9.55. The molecule has 2 aliphatic rings. The zero-order chi connectivity index (χ0) is 30.1. The van der Waals surface area contributed by atoms with Gasteiger partial charge < -0.3 is 49.3 Å². The van der Waals surface area contributed by atoms with Gasteiger partial charge in [0.05, 0.1) is 51.8 Å². The number of carbonyl (C=O) groups is 2. The Balaban J connectivity index is 0.000000236. The molecule has 0 spiro atoms. The number of benzene rings is 2. The van der Waals surface area contributed by atoms with E-state index >= 15 is 0 Å². The molecule has 0 bridgehead atoms. The van der Waals surface area contributed by atoms with Crippen molar-refractivity contribution in [2.75, 3.05) is 66.2 Å². The molecular formula is C30H42N2O10. The number of nitrogens with one attached hydrogen (secondary N) is 2. The Labute approximate surface area is 246 Å². The Kier molecular flexibility index (Phi) is 19.5. The molecule has 2 fully saturated rings. The number of rotatable bonds is 14. The highest BCUT2D eigenvalue weighted by molar-refractivity contribution is 5.89. The average Bonchev–Trinajstić information content (AvgIpc) is 3.02. The topological polar surface area (TPSA) is 154 Å². The van der Waals surface area contributed by atoms with Gasteiger partial charge in [0.15, 0.2) is 0 Å². The zero-order valence-electron chi connectivity index (χ0n) is 23.7. The monoisotopic (exact) mass is 590 g/mol. The third-order valence-electron chi connectivity index (χ3n) is 5.54. The first kappa shape index (κ1) is 35.0. The molecule has 4 N–H and O–H groups in total. The summed E-state index contributed by atoms with van der Waals surface area (Å²) in [6.45, 7) is 8.08. The van der Waals surface area contributed by atoms with Crippen LogP contribution >= 0.6 is 0 Å². The lowest BCUT2D eigenvalue weighted by Gasteiger charge is -2.23. The molecule has 2 aliphatic heterocycles. The van der Waals surface area contributed by atoms with Gasteiger partial charge in [-0.3, -0.25) is 0 Å². The number of aliphatic carboxylic acids is 2. The maximum Gasteiger partial charge on any atom is 0.328 e. The summed E-state index contributed by atoms with van der Waals surface area (Å²) in [5, 5.41) is 22.1. The molecule has 0 amide bonds. The van der Waals surface area contributed by atoms with Crippen LogP contribution in [0.4, 0.5) is 0 Å². The first-order valence-electron chi connectivity index (χ1n) is 13.7. The van der Waals surface area contributed by atoms with E-state index in [9.17, 15) is 9.59 Å². The summed E-state index contributed by atoms with van der Waals surface area (Å²) in [6.07, 6.45) is 1.43. The number of carboxylic acid groups (broad SMARTS) is 2. The Morgan fingerprint density at radius 2 is 1.10 bits per heavy atom. The maximum atomic E-state index is 9.55. The van der Waals surface area contributed by atoms with E-state index in [1.165, 1.54) is 0 Å². The summed E-state index contributed by atoms with van der Waals surface area (Å²) in [5.41, 5.74) is 2.32. The molecule has 2 unspecified atom stereocenters. The van der Waals surface area contributed by atoms with Gasteiger partial charge in [0.1, 0.15) is 13.6 Å². The smallest absolute Gasteiger partial charge is 0.328 e. The van der Waals surface area contributed by atoms with E-state index in [1.54, 1.807) is 0 Å². The van der Waals surface area contributed by atoms with Crippen LogP contribution in [0.2, 0.25) is 0 Å². The standard InChI is InChI=1S/2C13H19NO3.C4H4O4/c2*1-2-4-12(5-3-1)9-15-11-16-10-13-8-14-6-7-17-13;5-3(6)1-2-4(7)8/h2*1-5,13-14H,6-11H2;1-2H,(H,5,6)(H,7,8)/b;;2-1+. The van der Waals surface area contributed by atoms with Gasteiger partial charge in [-0.2, -0.15) is 0 Å². The fraction of sp³-hybridized carbons (Fsp3) is 0.467. The third-order valence-corrected chi connectivity index (χ3v) is 5.54. The van der Waals surface area contributed by atoms with E-state index in [1.807, 2.05) is 60.7 Å². The molecule has 0 saturated carbocycles. The number of carboxylic acids is 2. The molecule has 232 valence electrons. The van der Waals surface area contributed by atoms with Crippen molar-refractivity contribution in [3.63, 3.8) is 0 Å². The highest BCUT2D eigenvalue weighted by Gasteiger charge is 2.13. The minimum atomic E-state index is -1.26. The molecule has 0 aromatic heterocycles. The van der Waals surface area contributed by atoms with Crippen molar-refractivity contribution in [1.29, 1.82) is 0 Å². The van der Waals surface area contributed by atoms with Crippen molar-refractivity contribution >= 4 is 11.9 Å². The highest BCUT2D eigenvalue weighted by Crippen LogP contribution is 2.03. The molecule has 2 aromatic rings. The van der Waals surface area contributed by atoms with Gasteiger partial charge in [0.25, 0.3) is 0 Å². The number of ether oxygens (including phenoxy) is 6. The van der Waals surface area contributed by atoms with Crippen molar-refractivity contribution in [2.24, 2.45) is 0 Å². The van der Waals surface area contributed by atoms with Crippen LogP contribution in [0.15, 0.2) is 72.8 Å².